The van der Waals surface area contributed by atoms with E-state index in [1.807, 2.05) is 6.92 Å². The first-order chi connectivity index (χ1) is 8.51. The average Bonchev–Trinajstić information content (AvgIpc) is 2.27. The van der Waals surface area contributed by atoms with Crippen LogP contribution in [-0.2, 0) is 9.59 Å². The van der Waals surface area contributed by atoms with Gasteiger partial charge >= 0.3 is 11.9 Å². The molecule has 0 saturated heterocycles. The third-order valence-electron chi connectivity index (χ3n) is 4.85. The molecule has 4 heteroatoms. The van der Waals surface area contributed by atoms with Crippen molar-refractivity contribution in [2.45, 2.75) is 67.2 Å². The zero-order valence-electron chi connectivity index (χ0n) is 13.0. The van der Waals surface area contributed by atoms with Gasteiger partial charge in [0.15, 0.2) is 0 Å². The Labute approximate surface area is 116 Å². The van der Waals surface area contributed by atoms with Crippen molar-refractivity contribution in [3.05, 3.63) is 0 Å². The van der Waals surface area contributed by atoms with Crippen LogP contribution in [0.5, 0.6) is 0 Å². The van der Waals surface area contributed by atoms with Crippen LogP contribution in [0.2, 0.25) is 0 Å². The molecule has 2 unspecified atom stereocenters. The van der Waals surface area contributed by atoms with Crippen LogP contribution in [0.4, 0.5) is 0 Å². The van der Waals surface area contributed by atoms with Crippen LogP contribution < -0.4 is 0 Å². The number of hydrogen-bond donors (Lipinski definition) is 2. The topological polar surface area (TPSA) is 74.6 Å². The Bertz CT molecular complexity index is 343. The molecule has 2 N–H and O–H groups in total. The van der Waals surface area contributed by atoms with Crippen LogP contribution in [-0.4, -0.2) is 22.2 Å². The van der Waals surface area contributed by atoms with E-state index in [1.54, 1.807) is 34.6 Å². The second kappa shape index (κ2) is 5.93. The van der Waals surface area contributed by atoms with Crippen molar-refractivity contribution in [2.24, 2.45) is 16.2 Å². The molecule has 4 nitrogen and oxygen atoms in total. The van der Waals surface area contributed by atoms with E-state index < -0.39 is 28.2 Å². The first kappa shape index (κ1) is 17.9. The zero-order valence-corrected chi connectivity index (χ0v) is 13.0. The summed E-state index contributed by atoms with van der Waals surface area (Å²) in [6.07, 6.45) is 2.30. The minimum absolute atomic E-state index is 0.322. The van der Waals surface area contributed by atoms with E-state index in [-0.39, 0.29) is 0 Å². The lowest BCUT2D eigenvalue weighted by atomic mass is 9.50. The molecule has 0 aromatic rings. The number of carboxylic acids is 2. The predicted octanol–water partition coefficient (Wildman–Crippen LogP) is 3.79. The summed E-state index contributed by atoms with van der Waals surface area (Å²) in [5, 5.41) is 19.5. The van der Waals surface area contributed by atoms with Gasteiger partial charge in [-0.05, 0) is 25.2 Å². The molecular formula is C15H28O4. The van der Waals surface area contributed by atoms with E-state index in [0.29, 0.717) is 12.8 Å². The smallest absolute Gasteiger partial charge is 0.311 e. The van der Waals surface area contributed by atoms with E-state index in [4.69, 9.17) is 0 Å². The third-order valence-corrected chi connectivity index (χ3v) is 4.85. The lowest BCUT2D eigenvalue weighted by Crippen LogP contribution is -2.57. The molecule has 0 radical (unpaired) electrons. The highest BCUT2D eigenvalue weighted by Gasteiger charge is 2.62. The molecule has 0 aliphatic rings. The van der Waals surface area contributed by atoms with Crippen LogP contribution in [0.3, 0.4) is 0 Å². The molecule has 0 bridgehead atoms. The van der Waals surface area contributed by atoms with Gasteiger partial charge in [0.25, 0.3) is 0 Å². The van der Waals surface area contributed by atoms with Crippen molar-refractivity contribution in [1.29, 1.82) is 0 Å². The van der Waals surface area contributed by atoms with Crippen molar-refractivity contribution in [3.8, 4) is 0 Å². The Morgan fingerprint density at radius 3 is 1.63 bits per heavy atom. The predicted molar refractivity (Wildman–Crippen MR) is 75.1 cm³/mol. The fraction of sp³-hybridized carbons (Fsp3) is 0.867. The average molecular weight is 272 g/mol. The quantitative estimate of drug-likeness (QED) is 0.739. The minimum atomic E-state index is -1.31. The van der Waals surface area contributed by atoms with E-state index in [1.165, 1.54) is 0 Å². The monoisotopic (exact) mass is 272 g/mol. The maximum Gasteiger partial charge on any atom is 0.311 e. The summed E-state index contributed by atoms with van der Waals surface area (Å²) in [4.78, 5) is 23.8. The van der Waals surface area contributed by atoms with Gasteiger partial charge in [-0.1, -0.05) is 47.5 Å². The molecule has 2 atom stereocenters. The van der Waals surface area contributed by atoms with Gasteiger partial charge in [0.2, 0.25) is 0 Å². The molecule has 0 aromatic carbocycles. The molecule has 19 heavy (non-hydrogen) atoms. The van der Waals surface area contributed by atoms with Crippen LogP contribution >= 0.6 is 0 Å². The molecule has 0 saturated carbocycles. The second-order valence-corrected chi connectivity index (χ2v) is 6.52. The summed E-state index contributed by atoms with van der Waals surface area (Å²) in [6.45, 7) is 10.8. The van der Waals surface area contributed by atoms with E-state index in [9.17, 15) is 19.8 Å². The number of carbonyl (C=O) groups is 2. The molecule has 0 rings (SSSR count). The maximum absolute atomic E-state index is 11.9. The molecule has 0 aromatic heterocycles. The fourth-order valence-corrected chi connectivity index (χ4v) is 2.97. The summed E-state index contributed by atoms with van der Waals surface area (Å²) in [5.74, 6) is -2.02. The van der Waals surface area contributed by atoms with Gasteiger partial charge in [0, 0.05) is 0 Å². The summed E-state index contributed by atoms with van der Waals surface area (Å²) >= 11 is 0. The highest BCUT2D eigenvalue weighted by Crippen LogP contribution is 2.56. The Morgan fingerprint density at radius 1 is 0.947 bits per heavy atom. The van der Waals surface area contributed by atoms with Crippen LogP contribution in [0.25, 0.3) is 0 Å². The van der Waals surface area contributed by atoms with Crippen molar-refractivity contribution in [3.63, 3.8) is 0 Å². The second-order valence-electron chi connectivity index (χ2n) is 6.52. The molecule has 0 amide bonds. The summed E-state index contributed by atoms with van der Waals surface area (Å²) < 4.78 is 0. The molecule has 0 aliphatic carbocycles. The van der Waals surface area contributed by atoms with Gasteiger partial charge in [-0.25, -0.2) is 0 Å². The van der Waals surface area contributed by atoms with Gasteiger partial charge in [-0.3, -0.25) is 9.59 Å². The van der Waals surface area contributed by atoms with E-state index in [2.05, 4.69) is 0 Å². The first-order valence-electron chi connectivity index (χ1n) is 6.98. The molecular weight excluding hydrogens is 244 g/mol. The van der Waals surface area contributed by atoms with Gasteiger partial charge in [0.1, 0.15) is 0 Å². The fourth-order valence-electron chi connectivity index (χ4n) is 2.97. The van der Waals surface area contributed by atoms with Crippen molar-refractivity contribution in [1.82, 2.24) is 0 Å². The first-order valence-corrected chi connectivity index (χ1v) is 6.98. The number of aliphatic carboxylic acids is 2. The Balaban J connectivity index is 6.05. The molecule has 112 valence electrons. The standard InChI is InChI=1S/C15H28O4/c1-7-9-10-15(8-2,12(18)19)14(6,11(16)17)13(3,4)5/h7-10H2,1-6H3,(H,16,17)(H,18,19). The van der Waals surface area contributed by atoms with Crippen molar-refractivity contribution in [2.75, 3.05) is 0 Å². The molecule has 0 heterocycles. The van der Waals surface area contributed by atoms with Crippen LogP contribution in [0, 0.1) is 16.2 Å². The van der Waals surface area contributed by atoms with Crippen LogP contribution in [0.15, 0.2) is 0 Å². The normalized spacial score (nSPS) is 18.4. The lowest BCUT2D eigenvalue weighted by Gasteiger charge is -2.50. The Hall–Kier alpha value is -1.06. The van der Waals surface area contributed by atoms with Crippen molar-refractivity contribution >= 4 is 11.9 Å². The van der Waals surface area contributed by atoms with Crippen molar-refractivity contribution < 1.29 is 19.8 Å². The van der Waals surface area contributed by atoms with Gasteiger partial charge in [-0.15, -0.1) is 0 Å². The highest BCUT2D eigenvalue weighted by atomic mass is 16.4. The summed E-state index contributed by atoms with van der Waals surface area (Å²) in [6, 6.07) is 0. The number of unbranched alkanes of at least 4 members (excludes halogenated alkanes) is 1. The summed E-state index contributed by atoms with van der Waals surface area (Å²) in [7, 11) is 0. The largest absolute Gasteiger partial charge is 0.481 e. The SMILES string of the molecule is CCCCC(CC)(C(=O)O)C(C)(C(=O)O)C(C)(C)C. The third kappa shape index (κ3) is 2.77. The molecule has 0 aliphatic heterocycles. The number of rotatable bonds is 7. The Kier molecular flexibility index (Phi) is 5.60. The summed E-state index contributed by atoms with van der Waals surface area (Å²) in [5.41, 5.74) is -3.18. The number of carboxylic acid groups (broad SMARTS) is 2. The molecule has 0 spiro atoms. The lowest BCUT2D eigenvalue weighted by molar-refractivity contribution is -0.186. The van der Waals surface area contributed by atoms with Gasteiger partial charge in [-0.2, -0.15) is 0 Å². The minimum Gasteiger partial charge on any atom is -0.481 e. The van der Waals surface area contributed by atoms with Gasteiger partial charge < -0.3 is 10.2 Å². The van der Waals surface area contributed by atoms with E-state index in [0.717, 1.165) is 12.8 Å². The van der Waals surface area contributed by atoms with E-state index >= 15 is 0 Å². The highest BCUT2D eigenvalue weighted by molar-refractivity contribution is 5.87. The zero-order chi connectivity index (χ0) is 15.5. The number of hydrogen-bond acceptors (Lipinski definition) is 2. The molecule has 0 fully saturated rings. The Morgan fingerprint density at radius 2 is 1.42 bits per heavy atom. The van der Waals surface area contributed by atoms with Gasteiger partial charge in [0.05, 0.1) is 10.8 Å². The maximum atomic E-state index is 11.9. The van der Waals surface area contributed by atoms with Crippen LogP contribution in [0.1, 0.15) is 67.2 Å².